The lowest BCUT2D eigenvalue weighted by atomic mass is 10.1. The van der Waals surface area contributed by atoms with E-state index in [1.165, 1.54) is 18.4 Å². The van der Waals surface area contributed by atoms with Crippen LogP contribution in [0.1, 0.15) is 44.6 Å². The van der Waals surface area contributed by atoms with Gasteiger partial charge in [0.2, 0.25) is 5.95 Å². The zero-order valence-electron chi connectivity index (χ0n) is 10.8. The van der Waals surface area contributed by atoms with Crippen molar-refractivity contribution in [2.45, 2.75) is 45.1 Å². The number of nitrogens with zero attached hydrogens (tertiary/aromatic N) is 3. The minimum atomic E-state index is 0.488. The maximum atomic E-state index is 5.64. The van der Waals surface area contributed by atoms with Crippen LogP contribution in [0.5, 0.6) is 0 Å². The SMILES string of the molecule is CC(C)c1cnc(N2CCCC2CCN)nc1. The molecule has 1 fully saturated rings. The monoisotopic (exact) mass is 234 g/mol. The average Bonchev–Trinajstić information content (AvgIpc) is 2.78. The van der Waals surface area contributed by atoms with Gasteiger partial charge in [-0.3, -0.25) is 0 Å². The number of rotatable bonds is 4. The fourth-order valence-electron chi connectivity index (χ4n) is 2.37. The standard InChI is InChI=1S/C13H22N4/c1-10(2)11-8-15-13(16-9-11)17-7-3-4-12(17)5-6-14/h8-10,12H,3-7,14H2,1-2H3. The second kappa shape index (κ2) is 5.45. The molecule has 0 bridgehead atoms. The lowest BCUT2D eigenvalue weighted by Gasteiger charge is -2.24. The van der Waals surface area contributed by atoms with Crippen molar-refractivity contribution in [1.82, 2.24) is 9.97 Å². The van der Waals surface area contributed by atoms with Gasteiger partial charge in [0.15, 0.2) is 0 Å². The first-order valence-electron chi connectivity index (χ1n) is 6.51. The van der Waals surface area contributed by atoms with E-state index in [1.807, 2.05) is 12.4 Å². The summed E-state index contributed by atoms with van der Waals surface area (Å²) in [7, 11) is 0. The predicted octanol–water partition coefficient (Wildman–Crippen LogP) is 1.92. The second-order valence-electron chi connectivity index (χ2n) is 5.04. The van der Waals surface area contributed by atoms with Crippen molar-refractivity contribution >= 4 is 5.95 Å². The molecular weight excluding hydrogens is 212 g/mol. The maximum absolute atomic E-state index is 5.64. The van der Waals surface area contributed by atoms with Crippen molar-refractivity contribution in [1.29, 1.82) is 0 Å². The van der Waals surface area contributed by atoms with E-state index in [0.717, 1.165) is 25.5 Å². The molecule has 1 aromatic heterocycles. The second-order valence-corrected chi connectivity index (χ2v) is 5.04. The van der Waals surface area contributed by atoms with Crippen LogP contribution in [0.4, 0.5) is 5.95 Å². The van der Waals surface area contributed by atoms with Crippen LogP contribution in [0.3, 0.4) is 0 Å². The van der Waals surface area contributed by atoms with Gasteiger partial charge in [0, 0.05) is 25.0 Å². The van der Waals surface area contributed by atoms with E-state index >= 15 is 0 Å². The average molecular weight is 234 g/mol. The van der Waals surface area contributed by atoms with Crippen molar-refractivity contribution in [3.63, 3.8) is 0 Å². The molecule has 94 valence electrons. The molecule has 1 aliphatic rings. The Morgan fingerprint density at radius 3 is 2.71 bits per heavy atom. The lowest BCUT2D eigenvalue weighted by molar-refractivity contribution is 0.608. The molecule has 1 aromatic rings. The summed E-state index contributed by atoms with van der Waals surface area (Å²) >= 11 is 0. The zero-order valence-corrected chi connectivity index (χ0v) is 10.8. The summed E-state index contributed by atoms with van der Waals surface area (Å²) in [4.78, 5) is 11.3. The molecule has 0 aromatic carbocycles. The van der Waals surface area contributed by atoms with Crippen molar-refractivity contribution in [2.24, 2.45) is 5.73 Å². The highest BCUT2D eigenvalue weighted by atomic mass is 15.3. The molecule has 1 aliphatic heterocycles. The minimum Gasteiger partial charge on any atom is -0.338 e. The van der Waals surface area contributed by atoms with Gasteiger partial charge in [-0.15, -0.1) is 0 Å². The number of aromatic nitrogens is 2. The summed E-state index contributed by atoms with van der Waals surface area (Å²) in [5.74, 6) is 1.35. The van der Waals surface area contributed by atoms with Crippen LogP contribution in [0, 0.1) is 0 Å². The van der Waals surface area contributed by atoms with E-state index in [2.05, 4.69) is 28.7 Å². The smallest absolute Gasteiger partial charge is 0.225 e. The largest absolute Gasteiger partial charge is 0.338 e. The topological polar surface area (TPSA) is 55.0 Å². The van der Waals surface area contributed by atoms with Crippen LogP contribution >= 0.6 is 0 Å². The quantitative estimate of drug-likeness (QED) is 0.864. The number of hydrogen-bond acceptors (Lipinski definition) is 4. The third-order valence-electron chi connectivity index (χ3n) is 3.46. The highest BCUT2D eigenvalue weighted by Crippen LogP contribution is 2.24. The molecule has 2 heterocycles. The molecule has 0 radical (unpaired) electrons. The highest BCUT2D eigenvalue weighted by molar-refractivity contribution is 5.33. The summed E-state index contributed by atoms with van der Waals surface area (Å²) in [6.45, 7) is 6.12. The van der Waals surface area contributed by atoms with Gasteiger partial charge in [-0.25, -0.2) is 9.97 Å². The molecule has 4 heteroatoms. The fourth-order valence-corrected chi connectivity index (χ4v) is 2.37. The van der Waals surface area contributed by atoms with Crippen molar-refractivity contribution < 1.29 is 0 Å². The summed E-state index contributed by atoms with van der Waals surface area (Å²) in [6.07, 6.45) is 7.37. The predicted molar refractivity (Wildman–Crippen MR) is 70.2 cm³/mol. The third-order valence-corrected chi connectivity index (χ3v) is 3.46. The molecule has 4 nitrogen and oxygen atoms in total. The van der Waals surface area contributed by atoms with Gasteiger partial charge in [-0.1, -0.05) is 13.8 Å². The van der Waals surface area contributed by atoms with Crippen molar-refractivity contribution in [3.8, 4) is 0 Å². The van der Waals surface area contributed by atoms with E-state index in [4.69, 9.17) is 5.73 Å². The molecule has 0 spiro atoms. The molecule has 0 aliphatic carbocycles. The normalized spacial score (nSPS) is 20.2. The Morgan fingerprint density at radius 1 is 1.41 bits per heavy atom. The van der Waals surface area contributed by atoms with Crippen LogP contribution in [-0.2, 0) is 0 Å². The summed E-state index contributed by atoms with van der Waals surface area (Å²) < 4.78 is 0. The minimum absolute atomic E-state index is 0.488. The fraction of sp³-hybridized carbons (Fsp3) is 0.692. The molecule has 17 heavy (non-hydrogen) atoms. The van der Waals surface area contributed by atoms with Crippen molar-refractivity contribution in [2.75, 3.05) is 18.0 Å². The summed E-state index contributed by atoms with van der Waals surface area (Å²) in [5.41, 5.74) is 6.84. The Hall–Kier alpha value is -1.16. The number of nitrogens with two attached hydrogens (primary N) is 1. The molecule has 0 amide bonds. The van der Waals surface area contributed by atoms with Gasteiger partial charge in [0.05, 0.1) is 0 Å². The van der Waals surface area contributed by atoms with Gasteiger partial charge >= 0.3 is 0 Å². The summed E-state index contributed by atoms with van der Waals surface area (Å²) in [6, 6.07) is 0.532. The zero-order chi connectivity index (χ0) is 12.3. The Balaban J connectivity index is 2.10. The van der Waals surface area contributed by atoms with Gasteiger partial charge < -0.3 is 10.6 Å². The molecular formula is C13H22N4. The Labute approximate surface area is 103 Å². The molecule has 1 atom stereocenters. The molecule has 1 unspecified atom stereocenters. The Bertz CT molecular complexity index is 347. The lowest BCUT2D eigenvalue weighted by Crippen LogP contribution is -2.32. The molecule has 2 N–H and O–H groups in total. The van der Waals surface area contributed by atoms with E-state index < -0.39 is 0 Å². The van der Waals surface area contributed by atoms with Crippen LogP contribution in [-0.4, -0.2) is 29.1 Å². The Kier molecular flexibility index (Phi) is 3.94. The van der Waals surface area contributed by atoms with E-state index in [1.54, 1.807) is 0 Å². The van der Waals surface area contributed by atoms with Crippen molar-refractivity contribution in [3.05, 3.63) is 18.0 Å². The maximum Gasteiger partial charge on any atom is 0.225 e. The molecule has 1 saturated heterocycles. The Morgan fingerprint density at radius 2 is 2.12 bits per heavy atom. The van der Waals surface area contributed by atoms with Gasteiger partial charge in [-0.05, 0) is 37.3 Å². The summed E-state index contributed by atoms with van der Waals surface area (Å²) in [5, 5.41) is 0. The van der Waals surface area contributed by atoms with E-state index in [0.29, 0.717) is 12.0 Å². The van der Waals surface area contributed by atoms with Gasteiger partial charge in [0.1, 0.15) is 0 Å². The van der Waals surface area contributed by atoms with E-state index in [9.17, 15) is 0 Å². The molecule has 2 rings (SSSR count). The first kappa shape index (κ1) is 12.3. The number of hydrogen-bond donors (Lipinski definition) is 1. The van der Waals surface area contributed by atoms with Crippen LogP contribution in [0.15, 0.2) is 12.4 Å². The van der Waals surface area contributed by atoms with Crippen LogP contribution in [0.25, 0.3) is 0 Å². The van der Waals surface area contributed by atoms with Crippen LogP contribution in [0.2, 0.25) is 0 Å². The number of anilines is 1. The molecule has 0 saturated carbocycles. The van der Waals surface area contributed by atoms with E-state index in [-0.39, 0.29) is 0 Å². The third kappa shape index (κ3) is 2.75. The van der Waals surface area contributed by atoms with Gasteiger partial charge in [-0.2, -0.15) is 0 Å². The van der Waals surface area contributed by atoms with Crippen LogP contribution < -0.4 is 10.6 Å². The first-order valence-corrected chi connectivity index (χ1v) is 6.51. The highest BCUT2D eigenvalue weighted by Gasteiger charge is 2.25. The van der Waals surface area contributed by atoms with Gasteiger partial charge in [0.25, 0.3) is 0 Å². The first-order chi connectivity index (χ1) is 8.22.